The molecule has 3 rings (SSSR count). The highest BCUT2D eigenvalue weighted by molar-refractivity contribution is 7.15. The maximum Gasteiger partial charge on any atom is 0.341 e. The van der Waals surface area contributed by atoms with Gasteiger partial charge in [-0.15, -0.1) is 11.3 Å². The minimum absolute atomic E-state index is 0.197. The van der Waals surface area contributed by atoms with Crippen LogP contribution in [0.3, 0.4) is 0 Å². The number of esters is 1. The molecule has 0 fully saturated rings. The van der Waals surface area contributed by atoms with E-state index in [9.17, 15) is 9.59 Å². The van der Waals surface area contributed by atoms with Crippen LogP contribution in [-0.2, 0) is 9.53 Å². The number of nitrogens with one attached hydrogen (secondary N) is 1. The van der Waals surface area contributed by atoms with Crippen molar-refractivity contribution in [2.75, 3.05) is 18.5 Å². The van der Waals surface area contributed by atoms with Gasteiger partial charge in [0, 0.05) is 26.6 Å². The molecule has 0 spiro atoms. The van der Waals surface area contributed by atoms with Crippen LogP contribution in [0.5, 0.6) is 5.75 Å². The summed E-state index contributed by atoms with van der Waals surface area (Å²) in [6.07, 6.45) is 0. The molecule has 1 N–H and O–H groups in total. The number of carbonyl (C=O) groups is 2. The molecule has 0 saturated carbocycles. The molecule has 0 radical (unpaired) electrons. The summed E-state index contributed by atoms with van der Waals surface area (Å²) in [5, 5.41) is 6.04. The molecule has 0 unspecified atom stereocenters. The van der Waals surface area contributed by atoms with Crippen molar-refractivity contribution in [3.63, 3.8) is 0 Å². The number of carbonyl (C=O) groups excluding carboxylic acids is 2. The smallest absolute Gasteiger partial charge is 0.341 e. The molecule has 9 heteroatoms. The Balaban J connectivity index is 1.82. The summed E-state index contributed by atoms with van der Waals surface area (Å²) in [4.78, 5) is 25.0. The van der Waals surface area contributed by atoms with Crippen LogP contribution in [0.4, 0.5) is 5.00 Å². The van der Waals surface area contributed by atoms with E-state index in [-0.39, 0.29) is 18.8 Å². The van der Waals surface area contributed by atoms with Gasteiger partial charge in [0.05, 0.1) is 11.6 Å². The fourth-order valence-corrected chi connectivity index (χ4v) is 4.30. The molecule has 0 aliphatic rings. The van der Waals surface area contributed by atoms with Gasteiger partial charge >= 0.3 is 5.97 Å². The number of anilines is 1. The monoisotopic (exact) mass is 483 g/mol. The standard InChI is InChI=1S/C21H16Cl3NO4S/c1-2-28-21(27)19-14(13-5-3-4-6-15(13)23)11-30-20(19)25-18(26)10-29-17-8-7-12(22)9-16(17)24/h3-9,11H,2,10H2,1H3,(H,25,26). The first kappa shape index (κ1) is 22.4. The van der Waals surface area contributed by atoms with Crippen LogP contribution in [0, 0.1) is 0 Å². The van der Waals surface area contributed by atoms with E-state index in [0.29, 0.717) is 36.9 Å². The summed E-state index contributed by atoms with van der Waals surface area (Å²) < 4.78 is 10.6. The van der Waals surface area contributed by atoms with Gasteiger partial charge in [0.15, 0.2) is 6.61 Å². The molecular weight excluding hydrogens is 469 g/mol. The van der Waals surface area contributed by atoms with Gasteiger partial charge in [-0.2, -0.15) is 0 Å². The maximum absolute atomic E-state index is 12.6. The summed E-state index contributed by atoms with van der Waals surface area (Å²) in [5.41, 5.74) is 1.50. The second kappa shape index (κ2) is 10.2. The third-order valence-electron chi connectivity index (χ3n) is 3.94. The first-order valence-electron chi connectivity index (χ1n) is 8.82. The van der Waals surface area contributed by atoms with E-state index in [0.717, 1.165) is 0 Å². The Labute approximate surface area is 192 Å². The lowest BCUT2D eigenvalue weighted by Crippen LogP contribution is -2.21. The number of hydrogen-bond donors (Lipinski definition) is 1. The fraction of sp³-hybridized carbons (Fsp3) is 0.143. The second-order valence-corrected chi connectivity index (χ2v) is 8.10. The van der Waals surface area contributed by atoms with E-state index in [1.807, 2.05) is 6.07 Å². The van der Waals surface area contributed by atoms with Crippen LogP contribution in [-0.4, -0.2) is 25.1 Å². The van der Waals surface area contributed by atoms with Crippen molar-refractivity contribution in [3.8, 4) is 16.9 Å². The number of benzene rings is 2. The highest BCUT2D eigenvalue weighted by atomic mass is 35.5. The van der Waals surface area contributed by atoms with Crippen LogP contribution >= 0.6 is 46.1 Å². The quantitative estimate of drug-likeness (QED) is 0.385. The molecule has 0 bridgehead atoms. The summed E-state index contributed by atoms with van der Waals surface area (Å²) in [5.74, 6) is -0.686. The molecular formula is C21H16Cl3NO4S. The van der Waals surface area contributed by atoms with Crippen molar-refractivity contribution in [1.29, 1.82) is 0 Å². The Bertz CT molecular complexity index is 1080. The van der Waals surface area contributed by atoms with Crippen molar-refractivity contribution < 1.29 is 19.1 Å². The van der Waals surface area contributed by atoms with Crippen LogP contribution < -0.4 is 10.1 Å². The lowest BCUT2D eigenvalue weighted by molar-refractivity contribution is -0.118. The van der Waals surface area contributed by atoms with Gasteiger partial charge < -0.3 is 14.8 Å². The van der Waals surface area contributed by atoms with Gasteiger partial charge in [0.25, 0.3) is 5.91 Å². The van der Waals surface area contributed by atoms with Gasteiger partial charge in [-0.1, -0.05) is 53.0 Å². The van der Waals surface area contributed by atoms with Crippen molar-refractivity contribution in [1.82, 2.24) is 0 Å². The van der Waals surface area contributed by atoms with Gasteiger partial charge in [0.2, 0.25) is 0 Å². The third-order valence-corrected chi connectivity index (χ3v) is 5.70. The van der Waals surface area contributed by atoms with Crippen molar-refractivity contribution in [3.05, 3.63) is 68.5 Å². The zero-order valence-corrected chi connectivity index (χ0v) is 18.8. The minimum atomic E-state index is -0.550. The molecule has 0 aliphatic carbocycles. The number of rotatable bonds is 7. The Morgan fingerprint density at radius 1 is 1.03 bits per heavy atom. The van der Waals surface area contributed by atoms with Crippen LogP contribution in [0.1, 0.15) is 17.3 Å². The normalized spacial score (nSPS) is 10.5. The zero-order valence-electron chi connectivity index (χ0n) is 15.7. The van der Waals surface area contributed by atoms with Crippen molar-refractivity contribution >= 4 is 63.0 Å². The molecule has 5 nitrogen and oxygen atoms in total. The highest BCUT2D eigenvalue weighted by Crippen LogP contribution is 2.39. The summed E-state index contributed by atoms with van der Waals surface area (Å²) in [6.45, 7) is 1.60. The largest absolute Gasteiger partial charge is 0.482 e. The number of amides is 1. The molecule has 1 aromatic heterocycles. The lowest BCUT2D eigenvalue weighted by atomic mass is 10.0. The van der Waals surface area contributed by atoms with E-state index in [2.05, 4.69) is 5.32 Å². The topological polar surface area (TPSA) is 64.6 Å². The summed E-state index contributed by atoms with van der Waals surface area (Å²) >= 11 is 19.4. The van der Waals surface area contributed by atoms with E-state index in [1.54, 1.807) is 42.6 Å². The van der Waals surface area contributed by atoms with E-state index in [4.69, 9.17) is 44.3 Å². The molecule has 1 heterocycles. The lowest BCUT2D eigenvalue weighted by Gasteiger charge is -2.11. The third kappa shape index (κ3) is 5.26. The first-order valence-corrected chi connectivity index (χ1v) is 10.8. The highest BCUT2D eigenvalue weighted by Gasteiger charge is 2.24. The van der Waals surface area contributed by atoms with Gasteiger partial charge in [-0.3, -0.25) is 4.79 Å². The molecule has 0 aliphatic heterocycles. The van der Waals surface area contributed by atoms with Gasteiger partial charge in [-0.05, 0) is 31.2 Å². The molecule has 156 valence electrons. The summed E-state index contributed by atoms with van der Waals surface area (Å²) in [6, 6.07) is 11.8. The number of halogens is 3. The van der Waals surface area contributed by atoms with Crippen molar-refractivity contribution in [2.45, 2.75) is 6.92 Å². The van der Waals surface area contributed by atoms with E-state index < -0.39 is 11.9 Å². The Morgan fingerprint density at radius 3 is 2.50 bits per heavy atom. The zero-order chi connectivity index (χ0) is 21.7. The van der Waals surface area contributed by atoms with E-state index >= 15 is 0 Å². The Morgan fingerprint density at radius 2 is 1.80 bits per heavy atom. The van der Waals surface area contributed by atoms with Gasteiger partial charge in [-0.25, -0.2) is 4.79 Å². The van der Waals surface area contributed by atoms with E-state index in [1.165, 1.54) is 17.4 Å². The average molecular weight is 485 g/mol. The van der Waals surface area contributed by atoms with Crippen LogP contribution in [0.25, 0.3) is 11.1 Å². The predicted octanol–water partition coefficient (Wildman–Crippen LogP) is 6.57. The molecule has 1 amide bonds. The minimum Gasteiger partial charge on any atom is -0.482 e. The molecule has 2 aromatic carbocycles. The molecule has 3 aromatic rings. The number of thiophene rings is 1. The Kier molecular flexibility index (Phi) is 7.61. The SMILES string of the molecule is CCOC(=O)c1c(-c2ccccc2Cl)csc1NC(=O)COc1ccc(Cl)cc1Cl. The Hall–Kier alpha value is -2.25. The number of ether oxygens (including phenoxy) is 2. The average Bonchev–Trinajstić information content (AvgIpc) is 3.11. The molecule has 30 heavy (non-hydrogen) atoms. The molecule has 0 atom stereocenters. The van der Waals surface area contributed by atoms with Gasteiger partial charge in [0.1, 0.15) is 16.3 Å². The van der Waals surface area contributed by atoms with Crippen LogP contribution in [0.15, 0.2) is 47.8 Å². The maximum atomic E-state index is 12.6. The second-order valence-electron chi connectivity index (χ2n) is 5.97. The summed E-state index contributed by atoms with van der Waals surface area (Å²) in [7, 11) is 0. The first-order chi connectivity index (χ1) is 14.4. The van der Waals surface area contributed by atoms with Crippen LogP contribution in [0.2, 0.25) is 15.1 Å². The fourth-order valence-electron chi connectivity index (χ4n) is 2.63. The number of hydrogen-bond acceptors (Lipinski definition) is 5. The van der Waals surface area contributed by atoms with Crippen molar-refractivity contribution in [2.24, 2.45) is 0 Å². The predicted molar refractivity (Wildman–Crippen MR) is 121 cm³/mol. The molecule has 0 saturated heterocycles.